The van der Waals surface area contributed by atoms with E-state index in [9.17, 15) is 35.6 Å². The highest BCUT2D eigenvalue weighted by Gasteiger charge is 2.40. The summed E-state index contributed by atoms with van der Waals surface area (Å²) in [6.45, 7) is 4.09. The Kier molecular flexibility index (Phi) is 8.72. The summed E-state index contributed by atoms with van der Waals surface area (Å²) >= 11 is 0. The summed E-state index contributed by atoms with van der Waals surface area (Å²) in [6, 6.07) is 3.32. The van der Waals surface area contributed by atoms with Crippen LogP contribution in [-0.2, 0) is 20.8 Å². The van der Waals surface area contributed by atoms with E-state index in [1.54, 1.807) is 4.90 Å². The summed E-state index contributed by atoms with van der Waals surface area (Å²) in [5.74, 6) is -3.48. The number of hydrogen-bond donors (Lipinski definition) is 1. The van der Waals surface area contributed by atoms with Gasteiger partial charge < -0.3 is 19.8 Å². The number of alkyl halides is 3. The molecule has 1 atom stereocenters. The molecule has 0 radical (unpaired) electrons. The average Bonchev–Trinajstić information content (AvgIpc) is 2.85. The van der Waals surface area contributed by atoms with E-state index < -0.39 is 62.3 Å². The number of nitrogens with zero attached hydrogens (tertiary/aromatic N) is 5. The van der Waals surface area contributed by atoms with Crippen LogP contribution >= 0.6 is 0 Å². The highest BCUT2D eigenvalue weighted by atomic mass is 32.2. The second kappa shape index (κ2) is 11.3. The highest BCUT2D eigenvalue weighted by Crippen LogP contribution is 2.34. The van der Waals surface area contributed by atoms with Gasteiger partial charge in [-0.1, -0.05) is 13.8 Å². The Morgan fingerprint density at radius 1 is 1.23 bits per heavy atom. The van der Waals surface area contributed by atoms with Gasteiger partial charge in [0.15, 0.2) is 15.5 Å². The first-order valence-corrected chi connectivity index (χ1v) is 13.8. The second-order valence-electron chi connectivity index (χ2n) is 9.64. The van der Waals surface area contributed by atoms with Crippen molar-refractivity contribution in [1.29, 1.82) is 0 Å². The lowest BCUT2D eigenvalue weighted by atomic mass is 9.99. The van der Waals surface area contributed by atoms with E-state index in [2.05, 4.69) is 9.97 Å². The molecule has 1 aliphatic rings. The number of aliphatic carboxylic acids is 1. The number of sulfone groups is 1. The molecule has 214 valence electrons. The highest BCUT2D eigenvalue weighted by molar-refractivity contribution is 7.90. The van der Waals surface area contributed by atoms with Crippen LogP contribution in [-0.4, -0.2) is 85.8 Å². The van der Waals surface area contributed by atoms with E-state index in [-0.39, 0.29) is 38.0 Å². The predicted octanol–water partition coefficient (Wildman–Crippen LogP) is 2.94. The number of anilines is 2. The molecular formula is C24H29F4N5O5S. The molecule has 1 fully saturated rings. The average molecular weight is 576 g/mol. The zero-order chi connectivity index (χ0) is 29.3. The van der Waals surface area contributed by atoms with Gasteiger partial charge in [-0.2, -0.15) is 13.2 Å². The van der Waals surface area contributed by atoms with Crippen molar-refractivity contribution >= 4 is 33.3 Å². The third-order valence-electron chi connectivity index (χ3n) is 6.41. The minimum Gasteiger partial charge on any atom is -0.481 e. The normalized spacial score (nSPS) is 16.5. The predicted molar refractivity (Wildman–Crippen MR) is 134 cm³/mol. The summed E-state index contributed by atoms with van der Waals surface area (Å²) in [5.41, 5.74) is -1.77. The Balaban J connectivity index is 1.93. The van der Waals surface area contributed by atoms with Crippen molar-refractivity contribution in [3.8, 4) is 0 Å². The van der Waals surface area contributed by atoms with Gasteiger partial charge in [-0.25, -0.2) is 22.8 Å². The van der Waals surface area contributed by atoms with Gasteiger partial charge in [0, 0.05) is 51.4 Å². The van der Waals surface area contributed by atoms with Gasteiger partial charge in [-0.15, -0.1) is 0 Å². The van der Waals surface area contributed by atoms with Crippen molar-refractivity contribution in [3.05, 3.63) is 41.5 Å². The molecule has 39 heavy (non-hydrogen) atoms. The number of carbonyl (C=O) groups is 2. The zero-order valence-corrected chi connectivity index (χ0v) is 22.6. The van der Waals surface area contributed by atoms with E-state index in [1.165, 1.54) is 19.2 Å². The Bertz CT molecular complexity index is 1350. The van der Waals surface area contributed by atoms with Crippen LogP contribution in [0.15, 0.2) is 29.3 Å². The molecule has 1 aromatic carbocycles. The van der Waals surface area contributed by atoms with Gasteiger partial charge in [0.05, 0.1) is 18.0 Å². The molecule has 3 rings (SSSR count). The number of benzene rings is 1. The minimum absolute atomic E-state index is 0.107. The van der Waals surface area contributed by atoms with Gasteiger partial charge in [-0.3, -0.25) is 9.59 Å². The molecule has 1 N–H and O–H groups in total. The van der Waals surface area contributed by atoms with E-state index in [4.69, 9.17) is 5.11 Å². The number of amides is 1. The van der Waals surface area contributed by atoms with Crippen molar-refractivity contribution in [2.75, 3.05) is 49.3 Å². The quantitative estimate of drug-likeness (QED) is 0.473. The fraction of sp³-hybridized carbons (Fsp3) is 0.500. The third-order valence-corrected chi connectivity index (χ3v) is 7.52. The molecule has 1 unspecified atom stereocenters. The first kappa shape index (κ1) is 30.1. The maximum Gasteiger partial charge on any atom is 0.434 e. The van der Waals surface area contributed by atoms with Gasteiger partial charge in [0.25, 0.3) is 5.91 Å². The fourth-order valence-electron chi connectivity index (χ4n) is 4.29. The number of rotatable bonds is 8. The van der Waals surface area contributed by atoms with Crippen LogP contribution in [0.1, 0.15) is 36.3 Å². The molecule has 2 aromatic rings. The molecule has 0 saturated carbocycles. The van der Waals surface area contributed by atoms with Crippen molar-refractivity contribution < 1.29 is 40.7 Å². The van der Waals surface area contributed by atoms with Crippen LogP contribution in [0.2, 0.25) is 0 Å². The topological polar surface area (TPSA) is 124 Å². The van der Waals surface area contributed by atoms with Crippen molar-refractivity contribution in [1.82, 2.24) is 14.9 Å². The lowest BCUT2D eigenvalue weighted by molar-refractivity contribution is -0.142. The van der Waals surface area contributed by atoms with E-state index >= 15 is 0 Å². The van der Waals surface area contributed by atoms with Crippen LogP contribution in [0.5, 0.6) is 0 Å². The fourth-order valence-corrected chi connectivity index (χ4v) is 5.05. The van der Waals surface area contributed by atoms with Crippen molar-refractivity contribution in [2.24, 2.45) is 5.92 Å². The number of carbonyl (C=O) groups excluding carboxylic acids is 1. The Morgan fingerprint density at radius 3 is 2.46 bits per heavy atom. The number of piperazine rings is 1. The summed E-state index contributed by atoms with van der Waals surface area (Å²) in [5, 5.41) is 8.81. The zero-order valence-electron chi connectivity index (χ0n) is 21.7. The lowest BCUT2D eigenvalue weighted by Gasteiger charge is -2.44. The van der Waals surface area contributed by atoms with E-state index in [0.29, 0.717) is 5.69 Å². The van der Waals surface area contributed by atoms with Crippen molar-refractivity contribution in [3.63, 3.8) is 0 Å². The first-order valence-electron chi connectivity index (χ1n) is 11.9. The third kappa shape index (κ3) is 6.94. The van der Waals surface area contributed by atoms with Crippen molar-refractivity contribution in [2.45, 2.75) is 37.4 Å². The maximum atomic E-state index is 14.1. The molecule has 1 amide bonds. The van der Waals surface area contributed by atoms with Gasteiger partial charge in [0.1, 0.15) is 10.7 Å². The smallest absolute Gasteiger partial charge is 0.434 e. The molecule has 0 spiro atoms. The molecule has 0 bridgehead atoms. The number of carboxylic acids is 1. The Hall–Kier alpha value is -3.49. The maximum absolute atomic E-state index is 14.1. The largest absolute Gasteiger partial charge is 0.481 e. The molecule has 0 aliphatic carbocycles. The molecule has 15 heteroatoms. The van der Waals surface area contributed by atoms with Gasteiger partial charge in [-0.05, 0) is 24.1 Å². The van der Waals surface area contributed by atoms with Gasteiger partial charge in [0.2, 0.25) is 5.95 Å². The molecule has 1 saturated heterocycles. The molecule has 1 aliphatic heterocycles. The summed E-state index contributed by atoms with van der Waals surface area (Å²) < 4.78 is 80.0. The molecular weight excluding hydrogens is 546 g/mol. The number of hydrogen-bond acceptors (Lipinski definition) is 8. The summed E-state index contributed by atoms with van der Waals surface area (Å²) in [4.78, 5) is 35.1. The minimum atomic E-state index is -4.98. The van der Waals surface area contributed by atoms with E-state index in [1.807, 2.05) is 18.7 Å². The number of carboxylic acid groups (broad SMARTS) is 1. The number of halogens is 4. The second-order valence-corrected chi connectivity index (χ2v) is 11.6. The lowest BCUT2D eigenvalue weighted by Crippen LogP contribution is -2.56. The summed E-state index contributed by atoms with van der Waals surface area (Å²) in [6.07, 6.45) is -3.73. The first-order chi connectivity index (χ1) is 18.0. The van der Waals surface area contributed by atoms with Crippen LogP contribution < -0.4 is 9.80 Å². The van der Waals surface area contributed by atoms with Crippen LogP contribution in [0.4, 0.5) is 29.2 Å². The standard InChI is InChI=1S/C24H29F4N5O5S/c1-14(2)18-13-32(15-5-6-17(25)19(11-15)39(4,37)38)9-10-33(18)23-29-12-16(21(30-23)24(26,27)28)22(36)31(3)8-7-20(34)35/h5-6,11-12,14,18H,7-10,13H2,1-4H3,(H,34,35). The molecule has 2 heterocycles. The molecule has 1 aromatic heterocycles. The monoisotopic (exact) mass is 575 g/mol. The Morgan fingerprint density at radius 2 is 1.90 bits per heavy atom. The van der Waals surface area contributed by atoms with Crippen LogP contribution in [0.3, 0.4) is 0 Å². The van der Waals surface area contributed by atoms with Crippen LogP contribution in [0, 0.1) is 11.7 Å². The molecule has 10 nitrogen and oxygen atoms in total. The SMILES string of the molecule is CC(C)C1CN(c2ccc(F)c(S(C)(=O)=O)c2)CCN1c1ncc(C(=O)N(C)CCC(=O)O)c(C(F)(F)F)n1. The Labute approximate surface area is 223 Å². The summed E-state index contributed by atoms with van der Waals surface area (Å²) in [7, 11) is -2.63. The van der Waals surface area contributed by atoms with Gasteiger partial charge >= 0.3 is 12.1 Å². The number of aromatic nitrogens is 2. The van der Waals surface area contributed by atoms with E-state index in [0.717, 1.165) is 23.4 Å². The van der Waals surface area contributed by atoms with Crippen LogP contribution in [0.25, 0.3) is 0 Å².